The van der Waals surface area contributed by atoms with Crippen molar-refractivity contribution in [1.82, 2.24) is 9.78 Å². The predicted octanol–water partition coefficient (Wildman–Crippen LogP) is 4.68. The summed E-state index contributed by atoms with van der Waals surface area (Å²) in [6, 6.07) is 11.7. The van der Waals surface area contributed by atoms with Crippen LogP contribution in [-0.2, 0) is 17.7 Å². The van der Waals surface area contributed by atoms with Gasteiger partial charge in [-0.2, -0.15) is 5.10 Å². The number of rotatable bonds is 6. The number of halogens is 1. The minimum atomic E-state index is -0.322. The van der Waals surface area contributed by atoms with Gasteiger partial charge in [-0.05, 0) is 48.1 Å². The Balaban J connectivity index is 1.63. The number of benzene rings is 1. The molecule has 3 rings (SSSR count). The molecule has 4 nitrogen and oxygen atoms in total. The molecule has 6 heteroatoms. The van der Waals surface area contributed by atoms with Gasteiger partial charge in [0.1, 0.15) is 4.88 Å². The van der Waals surface area contributed by atoms with Crippen LogP contribution in [0.1, 0.15) is 21.7 Å². The Kier molecular flexibility index (Phi) is 5.33. The molecule has 0 spiro atoms. The largest absolute Gasteiger partial charge is 0.465 e. The molecule has 2 heterocycles. The van der Waals surface area contributed by atoms with Crippen LogP contribution in [0.4, 0.5) is 0 Å². The lowest BCUT2D eigenvalue weighted by Gasteiger charge is -2.03. The molecule has 2 aromatic heterocycles. The Morgan fingerprint density at radius 1 is 1.25 bits per heavy atom. The number of ether oxygens (including phenoxy) is 1. The summed E-state index contributed by atoms with van der Waals surface area (Å²) in [6.07, 6.45) is 3.89. The summed E-state index contributed by atoms with van der Waals surface area (Å²) in [7, 11) is 1.39. The number of aromatic nitrogens is 2. The number of hydrogen-bond donors (Lipinski definition) is 0. The van der Waals surface area contributed by atoms with Gasteiger partial charge in [0.25, 0.3) is 0 Å². The molecule has 124 valence electrons. The molecule has 0 saturated heterocycles. The standard InChI is InChI=1S/C18H17ClN2O2S/c1-23-18(22)17-15(9-12-24-17)16-8-11-21(20-16)10-2-3-13-4-6-14(19)7-5-13/h4-9,11-12H,2-3,10H2,1H3. The van der Waals surface area contributed by atoms with Gasteiger partial charge in [-0.25, -0.2) is 4.79 Å². The third-order valence-corrected chi connectivity index (χ3v) is 4.86. The first-order chi connectivity index (χ1) is 11.7. The molecule has 0 fully saturated rings. The molecule has 1 aromatic carbocycles. The molecule has 0 atom stereocenters. The normalized spacial score (nSPS) is 10.8. The summed E-state index contributed by atoms with van der Waals surface area (Å²) < 4.78 is 6.72. The van der Waals surface area contributed by atoms with E-state index in [0.29, 0.717) is 4.88 Å². The fourth-order valence-electron chi connectivity index (χ4n) is 2.49. The topological polar surface area (TPSA) is 44.1 Å². The number of nitrogens with zero attached hydrogens (tertiary/aromatic N) is 2. The van der Waals surface area contributed by atoms with E-state index in [0.717, 1.165) is 35.7 Å². The summed E-state index contributed by atoms with van der Waals surface area (Å²) in [6.45, 7) is 0.820. The highest BCUT2D eigenvalue weighted by Crippen LogP contribution is 2.27. The molecular formula is C18H17ClN2O2S. The average molecular weight is 361 g/mol. The van der Waals surface area contributed by atoms with Gasteiger partial charge in [0.05, 0.1) is 12.8 Å². The second-order valence-electron chi connectivity index (χ2n) is 5.35. The number of esters is 1. The van der Waals surface area contributed by atoms with Crippen molar-refractivity contribution in [1.29, 1.82) is 0 Å². The van der Waals surface area contributed by atoms with Crippen LogP contribution in [0.15, 0.2) is 48.0 Å². The van der Waals surface area contributed by atoms with E-state index in [9.17, 15) is 4.79 Å². The van der Waals surface area contributed by atoms with Crippen LogP contribution < -0.4 is 0 Å². The van der Waals surface area contributed by atoms with E-state index in [4.69, 9.17) is 16.3 Å². The van der Waals surface area contributed by atoms with E-state index < -0.39 is 0 Å². The van der Waals surface area contributed by atoms with Gasteiger partial charge in [0.15, 0.2) is 0 Å². The van der Waals surface area contributed by atoms with E-state index in [1.54, 1.807) is 0 Å². The number of hydrogen-bond acceptors (Lipinski definition) is 4. The number of methoxy groups -OCH3 is 1. The molecule has 0 aliphatic carbocycles. The van der Waals surface area contributed by atoms with Crippen molar-refractivity contribution in [3.8, 4) is 11.3 Å². The van der Waals surface area contributed by atoms with Crippen molar-refractivity contribution in [3.63, 3.8) is 0 Å². The van der Waals surface area contributed by atoms with Crippen LogP contribution in [0.25, 0.3) is 11.3 Å². The van der Waals surface area contributed by atoms with Gasteiger partial charge >= 0.3 is 5.97 Å². The summed E-state index contributed by atoms with van der Waals surface area (Å²) >= 11 is 7.26. The van der Waals surface area contributed by atoms with Crippen molar-refractivity contribution in [2.45, 2.75) is 19.4 Å². The highest BCUT2D eigenvalue weighted by Gasteiger charge is 2.16. The third kappa shape index (κ3) is 3.86. The maximum atomic E-state index is 11.8. The SMILES string of the molecule is COC(=O)c1sccc1-c1ccn(CCCc2ccc(Cl)cc2)n1. The summed E-state index contributed by atoms with van der Waals surface area (Å²) in [5.74, 6) is -0.322. The molecule has 0 unspecified atom stereocenters. The maximum Gasteiger partial charge on any atom is 0.348 e. The van der Waals surface area contributed by atoms with Gasteiger partial charge in [-0.1, -0.05) is 23.7 Å². The van der Waals surface area contributed by atoms with Crippen LogP contribution >= 0.6 is 22.9 Å². The average Bonchev–Trinajstić information content (AvgIpc) is 3.24. The van der Waals surface area contributed by atoms with Crippen molar-refractivity contribution >= 4 is 28.9 Å². The Labute approximate surface area is 149 Å². The van der Waals surface area contributed by atoms with Crippen molar-refractivity contribution in [3.05, 3.63) is 63.4 Å². The maximum absolute atomic E-state index is 11.8. The van der Waals surface area contributed by atoms with Gasteiger partial charge in [0, 0.05) is 23.3 Å². The second-order valence-corrected chi connectivity index (χ2v) is 6.70. The molecule has 24 heavy (non-hydrogen) atoms. The lowest BCUT2D eigenvalue weighted by Crippen LogP contribution is -2.02. The highest BCUT2D eigenvalue weighted by molar-refractivity contribution is 7.12. The first kappa shape index (κ1) is 16.7. The summed E-state index contributed by atoms with van der Waals surface area (Å²) in [5.41, 5.74) is 2.88. The monoisotopic (exact) mass is 360 g/mol. The van der Waals surface area contributed by atoms with Gasteiger partial charge in [0.2, 0.25) is 0 Å². The predicted molar refractivity (Wildman–Crippen MR) is 96.7 cm³/mol. The fraction of sp³-hybridized carbons (Fsp3) is 0.222. The Bertz CT molecular complexity index is 824. The third-order valence-electron chi connectivity index (χ3n) is 3.72. The van der Waals surface area contributed by atoms with Crippen LogP contribution in [0.5, 0.6) is 0 Å². The summed E-state index contributed by atoms with van der Waals surface area (Å²) in [5, 5.41) is 7.20. The molecule has 0 aliphatic rings. The van der Waals surface area contributed by atoms with Crippen LogP contribution in [0.2, 0.25) is 5.02 Å². The lowest BCUT2D eigenvalue weighted by atomic mass is 10.1. The molecular weight excluding hydrogens is 344 g/mol. The number of aryl methyl sites for hydroxylation is 2. The van der Waals surface area contributed by atoms with Crippen molar-refractivity contribution in [2.75, 3.05) is 7.11 Å². The molecule has 0 aliphatic heterocycles. The van der Waals surface area contributed by atoms with Crippen molar-refractivity contribution in [2.24, 2.45) is 0 Å². The first-order valence-electron chi connectivity index (χ1n) is 7.61. The molecule has 0 bridgehead atoms. The molecule has 0 saturated carbocycles. The van der Waals surface area contributed by atoms with Crippen LogP contribution in [0.3, 0.4) is 0 Å². The molecule has 0 amide bonds. The van der Waals surface area contributed by atoms with Crippen LogP contribution in [-0.4, -0.2) is 22.9 Å². The van der Waals surface area contributed by atoms with E-state index in [-0.39, 0.29) is 5.97 Å². The molecule has 0 radical (unpaired) electrons. The Morgan fingerprint density at radius 3 is 2.79 bits per heavy atom. The van der Waals surface area contributed by atoms with Gasteiger partial charge < -0.3 is 4.74 Å². The van der Waals surface area contributed by atoms with Crippen molar-refractivity contribution < 1.29 is 9.53 Å². The quantitative estimate of drug-likeness (QED) is 0.599. The highest BCUT2D eigenvalue weighted by atomic mass is 35.5. The van der Waals surface area contributed by atoms with E-state index in [2.05, 4.69) is 5.10 Å². The van der Waals surface area contributed by atoms with Crippen LogP contribution in [0, 0.1) is 0 Å². The van der Waals surface area contributed by atoms with E-state index >= 15 is 0 Å². The number of thiophene rings is 1. The minimum Gasteiger partial charge on any atom is -0.465 e. The molecule has 3 aromatic rings. The van der Waals surface area contributed by atoms with E-state index in [1.165, 1.54) is 24.0 Å². The molecule has 0 N–H and O–H groups in total. The van der Waals surface area contributed by atoms with Gasteiger partial charge in [-0.3, -0.25) is 4.68 Å². The van der Waals surface area contributed by atoms with E-state index in [1.807, 2.05) is 52.7 Å². The Morgan fingerprint density at radius 2 is 2.04 bits per heavy atom. The lowest BCUT2D eigenvalue weighted by molar-refractivity contribution is 0.0607. The first-order valence-corrected chi connectivity index (χ1v) is 8.87. The zero-order chi connectivity index (χ0) is 16.9. The Hall–Kier alpha value is -2.11. The number of carbonyl (C=O) groups excluding carboxylic acids is 1. The zero-order valence-electron chi connectivity index (χ0n) is 13.2. The fourth-order valence-corrected chi connectivity index (χ4v) is 3.43. The second kappa shape index (κ2) is 7.64. The number of carbonyl (C=O) groups is 1. The smallest absolute Gasteiger partial charge is 0.348 e. The van der Waals surface area contributed by atoms with Gasteiger partial charge in [-0.15, -0.1) is 11.3 Å². The summed E-state index contributed by atoms with van der Waals surface area (Å²) in [4.78, 5) is 12.4. The zero-order valence-corrected chi connectivity index (χ0v) is 14.8. The minimum absolute atomic E-state index is 0.322.